The summed E-state index contributed by atoms with van der Waals surface area (Å²) in [7, 11) is 0. The summed E-state index contributed by atoms with van der Waals surface area (Å²) < 4.78 is 5.29. The first-order valence-electron chi connectivity index (χ1n) is 11.3. The van der Waals surface area contributed by atoms with Crippen LogP contribution in [0.2, 0.25) is 5.02 Å². The van der Waals surface area contributed by atoms with Crippen LogP contribution >= 0.6 is 24.2 Å². The first-order chi connectivity index (χ1) is 16.3. The minimum absolute atomic E-state index is 0.00181. The van der Waals surface area contributed by atoms with E-state index in [1.807, 2.05) is 0 Å². The lowest BCUT2D eigenvalue weighted by Gasteiger charge is -2.27. The average molecular weight is 506 g/mol. The SMILES string of the molecule is O=C(N[C@@H](CC1CCCCC1)C(=O)N[C@@H](CC1=CC=NC1=O)C(=O)S)OCc1cccc(Cl)c1. The molecule has 0 saturated heterocycles. The lowest BCUT2D eigenvalue weighted by Crippen LogP contribution is -2.52. The van der Waals surface area contributed by atoms with Crippen molar-refractivity contribution in [2.75, 3.05) is 0 Å². The second kappa shape index (κ2) is 12.7. The Morgan fingerprint density at radius 2 is 1.91 bits per heavy atom. The van der Waals surface area contributed by atoms with E-state index in [4.69, 9.17) is 16.3 Å². The van der Waals surface area contributed by atoms with E-state index in [9.17, 15) is 19.2 Å². The number of thiol groups is 1. The number of nitrogens with zero attached hydrogens (tertiary/aromatic N) is 1. The van der Waals surface area contributed by atoms with Crippen molar-refractivity contribution in [3.63, 3.8) is 0 Å². The number of alkyl carbamates (subject to hydrolysis) is 1. The largest absolute Gasteiger partial charge is 0.445 e. The van der Waals surface area contributed by atoms with Gasteiger partial charge in [0.2, 0.25) is 11.0 Å². The summed E-state index contributed by atoms with van der Waals surface area (Å²) in [6.45, 7) is -0.00181. The Morgan fingerprint density at radius 3 is 2.56 bits per heavy atom. The van der Waals surface area contributed by atoms with Gasteiger partial charge in [-0.25, -0.2) is 9.79 Å². The minimum Gasteiger partial charge on any atom is -0.445 e. The van der Waals surface area contributed by atoms with E-state index in [-0.39, 0.29) is 18.9 Å². The zero-order valence-corrected chi connectivity index (χ0v) is 20.3. The van der Waals surface area contributed by atoms with Crippen LogP contribution < -0.4 is 10.6 Å². The minimum atomic E-state index is -1.02. The van der Waals surface area contributed by atoms with Gasteiger partial charge in [0.15, 0.2) is 0 Å². The van der Waals surface area contributed by atoms with Gasteiger partial charge in [-0.15, -0.1) is 12.6 Å². The first kappa shape index (κ1) is 26.0. The maximum Gasteiger partial charge on any atom is 0.408 e. The maximum atomic E-state index is 13.1. The van der Waals surface area contributed by atoms with Crippen molar-refractivity contribution in [2.45, 2.75) is 63.6 Å². The highest BCUT2D eigenvalue weighted by atomic mass is 35.5. The van der Waals surface area contributed by atoms with E-state index in [0.29, 0.717) is 22.6 Å². The van der Waals surface area contributed by atoms with Gasteiger partial charge in [0.05, 0.1) is 0 Å². The topological polar surface area (TPSA) is 114 Å². The third kappa shape index (κ3) is 7.99. The molecule has 1 saturated carbocycles. The molecule has 0 unspecified atom stereocenters. The predicted octanol–water partition coefficient (Wildman–Crippen LogP) is 3.77. The highest BCUT2D eigenvalue weighted by Crippen LogP contribution is 2.27. The summed E-state index contributed by atoms with van der Waals surface area (Å²) in [5, 5.41) is 5.22. The number of rotatable bonds is 10. The third-order valence-electron chi connectivity index (χ3n) is 5.94. The van der Waals surface area contributed by atoms with Gasteiger partial charge in [0.25, 0.3) is 5.91 Å². The van der Waals surface area contributed by atoms with Crippen LogP contribution in [-0.4, -0.2) is 41.3 Å². The van der Waals surface area contributed by atoms with Crippen LogP contribution in [0, 0.1) is 5.92 Å². The highest BCUT2D eigenvalue weighted by molar-refractivity contribution is 7.96. The standard InChI is InChI=1S/C24H28ClN3O5S/c25-18-8-4-7-16(11-18)14-33-24(32)28-19(12-15-5-2-1-3-6-15)22(30)27-20(23(31)34)13-17-9-10-26-21(17)29/h4,7-11,15,19-20H,1-3,5-6,12-14H2,(H,27,30)(H,28,32)(H,31,34)/t19-,20-/m0/s1. The summed E-state index contributed by atoms with van der Waals surface area (Å²) >= 11 is 9.83. The number of allylic oxidation sites excluding steroid dienone is 1. The predicted molar refractivity (Wildman–Crippen MR) is 132 cm³/mol. The van der Waals surface area contributed by atoms with Crippen molar-refractivity contribution in [1.29, 1.82) is 0 Å². The molecule has 1 fully saturated rings. The molecule has 0 radical (unpaired) electrons. The molecule has 182 valence electrons. The molecule has 10 heteroatoms. The molecular weight excluding hydrogens is 478 g/mol. The van der Waals surface area contributed by atoms with Gasteiger partial charge in [0, 0.05) is 23.2 Å². The molecule has 1 aliphatic heterocycles. The fourth-order valence-electron chi connectivity index (χ4n) is 4.14. The number of hydrogen-bond donors (Lipinski definition) is 3. The molecule has 2 N–H and O–H groups in total. The van der Waals surface area contributed by atoms with Gasteiger partial charge in [-0.2, -0.15) is 0 Å². The Kier molecular flexibility index (Phi) is 9.71. The van der Waals surface area contributed by atoms with Gasteiger partial charge in [-0.3, -0.25) is 14.4 Å². The number of ether oxygens (including phenoxy) is 1. The quantitative estimate of drug-likeness (QED) is 0.419. The number of nitrogens with one attached hydrogen (secondary N) is 2. The van der Waals surface area contributed by atoms with Crippen molar-refractivity contribution in [3.8, 4) is 0 Å². The number of carbonyl (C=O) groups is 4. The van der Waals surface area contributed by atoms with Gasteiger partial charge >= 0.3 is 6.09 Å². The molecule has 0 aromatic heterocycles. The molecule has 8 nitrogen and oxygen atoms in total. The molecule has 1 heterocycles. The van der Waals surface area contributed by atoms with E-state index in [0.717, 1.165) is 32.1 Å². The monoisotopic (exact) mass is 505 g/mol. The molecule has 0 spiro atoms. The van der Waals surface area contributed by atoms with Crippen LogP contribution in [0.25, 0.3) is 0 Å². The zero-order chi connectivity index (χ0) is 24.5. The Bertz CT molecular complexity index is 991. The molecule has 2 aliphatic rings. The van der Waals surface area contributed by atoms with Gasteiger partial charge in [0.1, 0.15) is 18.7 Å². The molecular formula is C24H28ClN3O5S. The van der Waals surface area contributed by atoms with E-state index >= 15 is 0 Å². The fraction of sp³-hybridized carbons (Fsp3) is 0.458. The van der Waals surface area contributed by atoms with Crippen LogP contribution in [0.5, 0.6) is 0 Å². The highest BCUT2D eigenvalue weighted by Gasteiger charge is 2.30. The summed E-state index contributed by atoms with van der Waals surface area (Å²) in [5.74, 6) is -0.699. The Labute approximate surface area is 209 Å². The van der Waals surface area contributed by atoms with Crippen LogP contribution in [0.1, 0.15) is 50.5 Å². The average Bonchev–Trinajstić information content (AvgIpc) is 3.21. The van der Waals surface area contributed by atoms with Crippen LogP contribution in [0.15, 0.2) is 40.9 Å². The van der Waals surface area contributed by atoms with Gasteiger partial charge in [-0.05, 0) is 36.1 Å². The molecule has 3 amide bonds. The zero-order valence-electron chi connectivity index (χ0n) is 18.7. The van der Waals surface area contributed by atoms with Crippen molar-refractivity contribution in [3.05, 3.63) is 46.5 Å². The Hall–Kier alpha value is -2.65. The van der Waals surface area contributed by atoms with Crippen molar-refractivity contribution in [2.24, 2.45) is 10.9 Å². The molecule has 1 aromatic rings. The van der Waals surface area contributed by atoms with Gasteiger partial charge < -0.3 is 15.4 Å². The summed E-state index contributed by atoms with van der Waals surface area (Å²) in [6, 6.07) is 5.02. The number of hydrogen-bond acceptors (Lipinski definition) is 5. The Morgan fingerprint density at radius 1 is 1.15 bits per heavy atom. The van der Waals surface area contributed by atoms with Crippen molar-refractivity contribution in [1.82, 2.24) is 10.6 Å². The normalized spacial score (nSPS) is 17.6. The van der Waals surface area contributed by atoms with E-state index in [1.54, 1.807) is 24.3 Å². The number of carbonyl (C=O) groups excluding carboxylic acids is 4. The number of halogens is 1. The molecule has 1 aliphatic carbocycles. The van der Waals surface area contributed by atoms with E-state index in [1.165, 1.54) is 12.3 Å². The second-order valence-corrected chi connectivity index (χ2v) is 9.40. The molecule has 1 aromatic carbocycles. The lowest BCUT2D eigenvalue weighted by molar-refractivity contribution is -0.126. The number of benzene rings is 1. The maximum absolute atomic E-state index is 13.1. The van der Waals surface area contributed by atoms with Crippen LogP contribution in [0.3, 0.4) is 0 Å². The number of amides is 3. The molecule has 34 heavy (non-hydrogen) atoms. The molecule has 0 bridgehead atoms. The van der Waals surface area contributed by atoms with Crippen LogP contribution in [-0.2, 0) is 25.7 Å². The Balaban J connectivity index is 1.63. The fourth-order valence-corrected chi connectivity index (χ4v) is 4.51. The van der Waals surface area contributed by atoms with Crippen molar-refractivity contribution >= 4 is 53.5 Å². The van der Waals surface area contributed by atoms with E-state index < -0.39 is 35.1 Å². The van der Waals surface area contributed by atoms with Crippen molar-refractivity contribution < 1.29 is 23.9 Å². The molecule has 3 rings (SSSR count). The summed E-state index contributed by atoms with van der Waals surface area (Å²) in [6.07, 6.45) is 7.76. The second-order valence-electron chi connectivity index (χ2n) is 8.52. The van der Waals surface area contributed by atoms with Crippen LogP contribution in [0.4, 0.5) is 4.79 Å². The molecule has 2 atom stereocenters. The summed E-state index contributed by atoms with van der Waals surface area (Å²) in [5.41, 5.74) is 1.03. The van der Waals surface area contributed by atoms with E-state index in [2.05, 4.69) is 28.3 Å². The number of aliphatic imine (C=N–C) groups is 1. The smallest absolute Gasteiger partial charge is 0.408 e. The third-order valence-corrected chi connectivity index (χ3v) is 6.49. The summed E-state index contributed by atoms with van der Waals surface area (Å²) in [4.78, 5) is 53.1. The van der Waals surface area contributed by atoms with Gasteiger partial charge in [-0.1, -0.05) is 55.8 Å². The first-order valence-corrected chi connectivity index (χ1v) is 12.1. The lowest BCUT2D eigenvalue weighted by atomic mass is 9.84.